The predicted molar refractivity (Wildman–Crippen MR) is 115 cm³/mol. The van der Waals surface area contributed by atoms with Gasteiger partial charge < -0.3 is 21.7 Å². The molecule has 3 aromatic rings. The number of nitrogens with zero attached hydrogens (tertiary/aromatic N) is 1. The van der Waals surface area contributed by atoms with E-state index in [1.807, 2.05) is 18.2 Å². The lowest BCUT2D eigenvalue weighted by Crippen LogP contribution is -3.00. The molecule has 0 amide bonds. The van der Waals surface area contributed by atoms with E-state index < -0.39 is 0 Å². The molecule has 3 aromatic carbocycles. The fourth-order valence-electron chi connectivity index (χ4n) is 3.57. The van der Waals surface area contributed by atoms with Crippen LogP contribution in [0.2, 0.25) is 0 Å². The minimum absolute atomic E-state index is 0. The van der Waals surface area contributed by atoms with Gasteiger partial charge in [0.15, 0.2) is 0 Å². The Kier molecular flexibility index (Phi) is 7.50. The molecule has 146 valence electrons. The molecule has 0 aliphatic carbocycles. The number of ether oxygens (including phenoxy) is 1. The molecule has 3 heteroatoms. The lowest BCUT2D eigenvalue weighted by atomic mass is 10.1. The summed E-state index contributed by atoms with van der Waals surface area (Å²) < 4.78 is 6.49. The Morgan fingerprint density at radius 1 is 0.724 bits per heavy atom. The highest BCUT2D eigenvalue weighted by Gasteiger charge is 2.28. The second-order valence-corrected chi connectivity index (χ2v) is 7.21. The van der Waals surface area contributed by atoms with E-state index in [4.69, 9.17) is 4.74 Å². The summed E-state index contributed by atoms with van der Waals surface area (Å²) in [5, 5.41) is 2.45. The number of quaternary nitrogens is 1. The van der Waals surface area contributed by atoms with Crippen LogP contribution >= 0.6 is 0 Å². The maximum atomic E-state index is 5.60. The van der Waals surface area contributed by atoms with Crippen LogP contribution in [0, 0.1) is 23.7 Å². The highest BCUT2D eigenvalue weighted by atomic mass is 79.9. The molecule has 2 nitrogen and oxygen atoms in total. The molecule has 0 unspecified atom stereocenters. The molecule has 1 aliphatic rings. The summed E-state index contributed by atoms with van der Waals surface area (Å²) in [6, 6.07) is 24.9. The number of rotatable bonds is 2. The van der Waals surface area contributed by atoms with Crippen molar-refractivity contribution in [2.45, 2.75) is 0 Å². The van der Waals surface area contributed by atoms with Gasteiger partial charge in [0.2, 0.25) is 0 Å². The third kappa shape index (κ3) is 5.49. The molecular weight excluding hydrogens is 422 g/mol. The lowest BCUT2D eigenvalue weighted by molar-refractivity contribution is -0.922. The van der Waals surface area contributed by atoms with Gasteiger partial charge in [0.25, 0.3) is 0 Å². The molecule has 0 saturated carbocycles. The van der Waals surface area contributed by atoms with E-state index in [9.17, 15) is 0 Å². The average Bonchev–Trinajstić information content (AvgIpc) is 2.75. The second kappa shape index (κ2) is 10.3. The van der Waals surface area contributed by atoms with Gasteiger partial charge in [0.1, 0.15) is 26.2 Å². The van der Waals surface area contributed by atoms with Crippen LogP contribution in [0.15, 0.2) is 72.8 Å². The predicted octanol–water partition coefficient (Wildman–Crippen LogP) is 1.09. The summed E-state index contributed by atoms with van der Waals surface area (Å²) >= 11 is 0. The third-order valence-corrected chi connectivity index (χ3v) is 5.27. The maximum Gasteiger partial charge on any atom is 0.142 e. The Morgan fingerprint density at radius 3 is 2.17 bits per heavy atom. The zero-order valence-electron chi connectivity index (χ0n) is 16.4. The van der Waals surface area contributed by atoms with Gasteiger partial charge >= 0.3 is 0 Å². The molecule has 1 saturated heterocycles. The van der Waals surface area contributed by atoms with Crippen LogP contribution in [0.25, 0.3) is 10.8 Å². The van der Waals surface area contributed by atoms with Gasteiger partial charge in [-0.15, -0.1) is 0 Å². The molecule has 29 heavy (non-hydrogen) atoms. The molecule has 1 fully saturated rings. The summed E-state index contributed by atoms with van der Waals surface area (Å²) in [6.45, 7) is 5.10. The topological polar surface area (TPSA) is 9.23 Å². The van der Waals surface area contributed by atoms with Crippen molar-refractivity contribution in [1.29, 1.82) is 0 Å². The standard InChI is InChI=1S/C26H24NO.BrH/c1-2-9-23(10-3-1)11-7-17-27(19-21-28-22-20-27)18-8-15-25-14-6-13-24-12-4-5-16-26(24)25;/h1-6,9-10,12-14,16H,17-22H2;1H/q+1;/p-1. The number of hydrogen-bond acceptors (Lipinski definition) is 1. The van der Waals surface area contributed by atoms with Crippen molar-refractivity contribution < 1.29 is 26.2 Å². The molecule has 1 heterocycles. The Hall–Kier alpha value is -2.56. The van der Waals surface area contributed by atoms with E-state index in [1.165, 1.54) is 10.8 Å². The number of halogens is 1. The zero-order valence-corrected chi connectivity index (χ0v) is 18.0. The first-order chi connectivity index (χ1) is 13.8. The fourth-order valence-corrected chi connectivity index (χ4v) is 3.57. The zero-order chi connectivity index (χ0) is 19.1. The summed E-state index contributed by atoms with van der Waals surface area (Å²) in [4.78, 5) is 0. The maximum absolute atomic E-state index is 5.60. The quantitative estimate of drug-likeness (QED) is 0.423. The number of benzene rings is 3. The van der Waals surface area contributed by atoms with Crippen LogP contribution < -0.4 is 17.0 Å². The summed E-state index contributed by atoms with van der Waals surface area (Å²) in [5.74, 6) is 13.5. The minimum atomic E-state index is 0. The van der Waals surface area contributed by atoms with E-state index in [0.717, 1.165) is 55.0 Å². The van der Waals surface area contributed by atoms with Gasteiger partial charge in [-0.1, -0.05) is 66.4 Å². The van der Waals surface area contributed by atoms with Crippen LogP contribution in [0.4, 0.5) is 0 Å². The second-order valence-electron chi connectivity index (χ2n) is 7.21. The largest absolute Gasteiger partial charge is 1.00 e. The fraction of sp³-hybridized carbons (Fsp3) is 0.231. The van der Waals surface area contributed by atoms with Crippen molar-refractivity contribution in [3.63, 3.8) is 0 Å². The summed E-state index contributed by atoms with van der Waals surface area (Å²) in [7, 11) is 0. The van der Waals surface area contributed by atoms with E-state index >= 15 is 0 Å². The van der Waals surface area contributed by atoms with Gasteiger partial charge in [-0.05, 0) is 40.8 Å². The Labute approximate surface area is 183 Å². The minimum Gasteiger partial charge on any atom is -1.00 e. The SMILES string of the molecule is C(#Cc1ccccc1)C[N+]1(CC#Cc2cccc3ccccc23)CCOCC1.[Br-]. The highest BCUT2D eigenvalue weighted by molar-refractivity contribution is 5.88. The van der Waals surface area contributed by atoms with Gasteiger partial charge in [0, 0.05) is 11.1 Å². The van der Waals surface area contributed by atoms with Crippen molar-refractivity contribution in [2.24, 2.45) is 0 Å². The average molecular weight is 446 g/mol. The van der Waals surface area contributed by atoms with Crippen molar-refractivity contribution in [3.05, 3.63) is 83.9 Å². The van der Waals surface area contributed by atoms with Crippen molar-refractivity contribution >= 4 is 10.8 Å². The Bertz CT molecular complexity index is 1060. The molecular formula is C26H24BrNO. The van der Waals surface area contributed by atoms with Gasteiger partial charge in [-0.3, -0.25) is 4.48 Å². The van der Waals surface area contributed by atoms with E-state index in [1.54, 1.807) is 0 Å². The number of morpholine rings is 1. The highest BCUT2D eigenvalue weighted by Crippen LogP contribution is 2.17. The molecule has 4 rings (SSSR count). The molecule has 0 bridgehead atoms. The summed E-state index contributed by atoms with van der Waals surface area (Å²) in [6.07, 6.45) is 0. The van der Waals surface area contributed by atoms with E-state index in [0.29, 0.717) is 0 Å². The molecule has 0 aromatic heterocycles. The Morgan fingerprint density at radius 2 is 1.38 bits per heavy atom. The first-order valence-electron chi connectivity index (χ1n) is 9.78. The van der Waals surface area contributed by atoms with Gasteiger partial charge in [-0.25, -0.2) is 0 Å². The molecule has 0 N–H and O–H groups in total. The van der Waals surface area contributed by atoms with Crippen LogP contribution in [-0.4, -0.2) is 43.9 Å². The molecule has 1 aliphatic heterocycles. The normalized spacial score (nSPS) is 14.6. The van der Waals surface area contributed by atoms with Crippen LogP contribution in [0.3, 0.4) is 0 Å². The molecule has 0 radical (unpaired) electrons. The smallest absolute Gasteiger partial charge is 0.142 e. The monoisotopic (exact) mass is 445 g/mol. The van der Waals surface area contributed by atoms with Crippen LogP contribution in [-0.2, 0) is 4.74 Å². The van der Waals surface area contributed by atoms with Crippen LogP contribution in [0.5, 0.6) is 0 Å². The first kappa shape index (κ1) is 21.2. The van der Waals surface area contributed by atoms with Crippen molar-refractivity contribution in [3.8, 4) is 23.7 Å². The first-order valence-corrected chi connectivity index (χ1v) is 9.78. The van der Waals surface area contributed by atoms with E-state index in [-0.39, 0.29) is 17.0 Å². The van der Waals surface area contributed by atoms with Gasteiger partial charge in [-0.2, -0.15) is 0 Å². The summed E-state index contributed by atoms with van der Waals surface area (Å²) in [5.41, 5.74) is 2.16. The van der Waals surface area contributed by atoms with Gasteiger partial charge in [0.05, 0.1) is 13.2 Å². The molecule has 0 spiro atoms. The number of fused-ring (bicyclic) bond motifs is 1. The van der Waals surface area contributed by atoms with Crippen molar-refractivity contribution in [2.75, 3.05) is 39.4 Å². The van der Waals surface area contributed by atoms with Crippen LogP contribution in [0.1, 0.15) is 11.1 Å². The number of hydrogen-bond donors (Lipinski definition) is 0. The third-order valence-electron chi connectivity index (χ3n) is 5.27. The molecule has 0 atom stereocenters. The Balaban J connectivity index is 0.00000240. The van der Waals surface area contributed by atoms with Crippen molar-refractivity contribution in [1.82, 2.24) is 0 Å². The lowest BCUT2D eigenvalue weighted by Gasteiger charge is -2.38. The van der Waals surface area contributed by atoms with E-state index in [2.05, 4.69) is 78.3 Å².